The number of fused-ring (bicyclic) bond motifs is 4. The Morgan fingerprint density at radius 1 is 1.00 bits per heavy atom. The van der Waals surface area contributed by atoms with Crippen LogP contribution in [-0.4, -0.2) is 11.6 Å². The Bertz CT molecular complexity index is 558. The first-order valence-corrected chi connectivity index (χ1v) is 8.72. The van der Waals surface area contributed by atoms with Crippen LogP contribution in [0.25, 0.3) is 0 Å². The fourth-order valence-electron chi connectivity index (χ4n) is 6.16. The molecule has 3 fully saturated rings. The van der Waals surface area contributed by atoms with Gasteiger partial charge in [0.25, 0.3) is 0 Å². The number of hydrogen-bond donors (Lipinski definition) is 0. The summed E-state index contributed by atoms with van der Waals surface area (Å²) in [6.45, 7) is 4.77. The lowest BCUT2D eigenvalue weighted by molar-refractivity contribution is -0.145. The Labute approximate surface area is 127 Å². The predicted molar refractivity (Wildman–Crippen MR) is 81.8 cm³/mol. The van der Waals surface area contributed by atoms with Gasteiger partial charge in [0, 0.05) is 12.8 Å². The summed E-state index contributed by atoms with van der Waals surface area (Å²) in [5, 5.41) is 0. The molecule has 1 unspecified atom stereocenters. The van der Waals surface area contributed by atoms with E-state index in [4.69, 9.17) is 0 Å². The highest BCUT2D eigenvalue weighted by atomic mass is 16.2. The molecule has 0 aliphatic heterocycles. The van der Waals surface area contributed by atoms with Gasteiger partial charge in [-0.05, 0) is 67.6 Å². The summed E-state index contributed by atoms with van der Waals surface area (Å²) in [5.41, 5.74) is 3.99. The first kappa shape index (κ1) is 13.7. The lowest BCUT2D eigenvalue weighted by atomic mass is 9.49. The first-order chi connectivity index (χ1) is 9.94. The normalized spacial score (nSPS) is 46.2. The minimum atomic E-state index is -0.102. The Morgan fingerprint density at radius 2 is 1.81 bits per heavy atom. The van der Waals surface area contributed by atoms with Crippen molar-refractivity contribution in [2.45, 2.75) is 71.6 Å². The van der Waals surface area contributed by atoms with Crippen LogP contribution in [0.2, 0.25) is 0 Å². The first-order valence-electron chi connectivity index (χ1n) is 8.72. The van der Waals surface area contributed by atoms with Gasteiger partial charge in [0.15, 0.2) is 11.6 Å². The number of allylic oxidation sites excluding steroid dienone is 2. The zero-order valence-electron chi connectivity index (χ0n) is 13.3. The summed E-state index contributed by atoms with van der Waals surface area (Å²) in [7, 11) is 0. The predicted octanol–water partition coefficient (Wildman–Crippen LogP) is 4.23. The highest BCUT2D eigenvalue weighted by molar-refractivity contribution is 6.38. The second-order valence-corrected chi connectivity index (χ2v) is 8.48. The fraction of sp³-hybridized carbons (Fsp3) is 0.789. The summed E-state index contributed by atoms with van der Waals surface area (Å²) in [6.07, 6.45) is 9.87. The van der Waals surface area contributed by atoms with Crippen molar-refractivity contribution in [3.05, 3.63) is 11.1 Å². The highest BCUT2D eigenvalue weighted by Crippen LogP contribution is 2.62. The molecule has 0 bridgehead atoms. The molecule has 0 aromatic carbocycles. The molecule has 0 aromatic rings. The topological polar surface area (TPSA) is 34.1 Å². The summed E-state index contributed by atoms with van der Waals surface area (Å²) in [6, 6.07) is 0. The maximum absolute atomic E-state index is 12.1. The summed E-state index contributed by atoms with van der Waals surface area (Å²) < 4.78 is 0. The van der Waals surface area contributed by atoms with Crippen molar-refractivity contribution in [2.24, 2.45) is 22.7 Å². The maximum atomic E-state index is 12.1. The van der Waals surface area contributed by atoms with E-state index >= 15 is 0 Å². The van der Waals surface area contributed by atoms with E-state index in [1.54, 1.807) is 11.1 Å². The minimum absolute atomic E-state index is 0.0650. The summed E-state index contributed by atoms with van der Waals surface area (Å²) >= 11 is 0. The highest BCUT2D eigenvalue weighted by Gasteiger charge is 2.54. The smallest absolute Gasteiger partial charge is 0.198 e. The second-order valence-electron chi connectivity index (χ2n) is 8.48. The van der Waals surface area contributed by atoms with Crippen LogP contribution in [0.4, 0.5) is 0 Å². The molecule has 0 saturated heterocycles. The van der Waals surface area contributed by atoms with Crippen LogP contribution in [-0.2, 0) is 9.59 Å². The van der Waals surface area contributed by atoms with Crippen molar-refractivity contribution in [3.8, 4) is 0 Å². The van der Waals surface area contributed by atoms with Crippen LogP contribution in [0.15, 0.2) is 11.1 Å². The van der Waals surface area contributed by atoms with Gasteiger partial charge in [0.1, 0.15) is 0 Å². The lowest BCUT2D eigenvalue weighted by Crippen LogP contribution is -2.49. The molecule has 0 radical (unpaired) electrons. The monoisotopic (exact) mass is 286 g/mol. The van der Waals surface area contributed by atoms with Gasteiger partial charge in [-0.3, -0.25) is 9.59 Å². The van der Waals surface area contributed by atoms with Crippen LogP contribution in [0.3, 0.4) is 0 Å². The van der Waals surface area contributed by atoms with Crippen LogP contribution < -0.4 is 0 Å². The van der Waals surface area contributed by atoms with E-state index in [-0.39, 0.29) is 17.0 Å². The molecule has 4 aliphatic carbocycles. The Balaban J connectivity index is 1.76. The van der Waals surface area contributed by atoms with Crippen molar-refractivity contribution >= 4 is 11.6 Å². The van der Waals surface area contributed by atoms with Crippen LogP contribution in [0.5, 0.6) is 0 Å². The van der Waals surface area contributed by atoms with Gasteiger partial charge in [0.2, 0.25) is 0 Å². The second kappa shape index (κ2) is 4.30. The van der Waals surface area contributed by atoms with E-state index in [0.717, 1.165) is 6.42 Å². The number of carbonyl (C=O) groups excluding carboxylic acids is 2. The van der Waals surface area contributed by atoms with Crippen molar-refractivity contribution in [3.63, 3.8) is 0 Å². The maximum Gasteiger partial charge on any atom is 0.198 e. The van der Waals surface area contributed by atoms with Crippen molar-refractivity contribution in [1.82, 2.24) is 0 Å². The zero-order chi connectivity index (χ0) is 14.8. The van der Waals surface area contributed by atoms with E-state index in [1.807, 2.05) is 0 Å². The van der Waals surface area contributed by atoms with Crippen LogP contribution in [0, 0.1) is 22.7 Å². The fourth-order valence-corrected chi connectivity index (χ4v) is 6.16. The van der Waals surface area contributed by atoms with Crippen molar-refractivity contribution < 1.29 is 9.59 Å². The molecular formula is C19H26O2. The van der Waals surface area contributed by atoms with Gasteiger partial charge < -0.3 is 0 Å². The molecule has 3 saturated carbocycles. The van der Waals surface area contributed by atoms with Gasteiger partial charge in [-0.2, -0.15) is 0 Å². The van der Waals surface area contributed by atoms with Gasteiger partial charge in [-0.25, -0.2) is 0 Å². The van der Waals surface area contributed by atoms with Crippen molar-refractivity contribution in [1.29, 1.82) is 0 Å². The number of ketones is 2. The molecule has 4 atom stereocenters. The summed E-state index contributed by atoms with van der Waals surface area (Å²) in [5.74, 6) is 0.826. The standard InChI is InChI=1S/C19H26O2/c1-18-8-3-4-14(18)13-6-5-12-10-16(20)17(21)11-19(12,2)15(13)7-9-18/h12,15H,3-11H2,1-2H3/t12?,15-,18+,19+/m1/s1. The molecule has 4 aliphatic rings. The van der Waals surface area contributed by atoms with E-state index < -0.39 is 0 Å². The molecule has 21 heavy (non-hydrogen) atoms. The minimum Gasteiger partial charge on any atom is -0.291 e. The Morgan fingerprint density at radius 3 is 2.62 bits per heavy atom. The third kappa shape index (κ3) is 1.77. The average molecular weight is 286 g/mol. The lowest BCUT2D eigenvalue weighted by Gasteiger charge is -2.54. The van der Waals surface area contributed by atoms with E-state index in [2.05, 4.69) is 13.8 Å². The molecule has 0 N–H and O–H groups in total. The van der Waals surface area contributed by atoms with Gasteiger partial charge in [0.05, 0.1) is 0 Å². The molecule has 2 heteroatoms. The molecule has 0 aromatic heterocycles. The van der Waals surface area contributed by atoms with Gasteiger partial charge in [-0.15, -0.1) is 0 Å². The third-order valence-electron chi connectivity index (χ3n) is 7.45. The molecule has 0 spiro atoms. The SMILES string of the molecule is C[C@@]12CCCC1=C1CCC3CC(=O)C(=O)C[C@]3(C)[C@@H]1CC2. The molecule has 0 amide bonds. The average Bonchev–Trinajstić information content (AvgIpc) is 2.82. The van der Waals surface area contributed by atoms with Gasteiger partial charge in [-0.1, -0.05) is 25.0 Å². The third-order valence-corrected chi connectivity index (χ3v) is 7.45. The molecule has 0 heterocycles. The Kier molecular flexibility index (Phi) is 2.81. The van der Waals surface area contributed by atoms with Crippen molar-refractivity contribution in [2.75, 3.05) is 0 Å². The largest absolute Gasteiger partial charge is 0.291 e. The van der Waals surface area contributed by atoms with Crippen LogP contribution in [0.1, 0.15) is 71.6 Å². The van der Waals surface area contributed by atoms with Gasteiger partial charge >= 0.3 is 0 Å². The molecular weight excluding hydrogens is 260 g/mol. The quantitative estimate of drug-likeness (QED) is 0.493. The van der Waals surface area contributed by atoms with Crippen LogP contribution >= 0.6 is 0 Å². The van der Waals surface area contributed by atoms with E-state index in [1.165, 1.54) is 38.5 Å². The summed E-state index contributed by atoms with van der Waals surface area (Å²) in [4.78, 5) is 23.9. The van der Waals surface area contributed by atoms with E-state index in [9.17, 15) is 9.59 Å². The molecule has 4 rings (SSSR count). The zero-order valence-corrected chi connectivity index (χ0v) is 13.3. The number of Topliss-reactive ketones (excluding diaryl/α,β-unsaturated/α-hetero) is 2. The Hall–Kier alpha value is -0.920. The number of carbonyl (C=O) groups is 2. The number of rotatable bonds is 0. The molecule has 114 valence electrons. The van der Waals surface area contributed by atoms with E-state index in [0.29, 0.717) is 30.1 Å². The number of hydrogen-bond acceptors (Lipinski definition) is 2. The molecule has 2 nitrogen and oxygen atoms in total.